The van der Waals surface area contributed by atoms with Crippen molar-refractivity contribution < 1.29 is 9.21 Å². The zero-order valence-corrected chi connectivity index (χ0v) is 19.5. The summed E-state index contributed by atoms with van der Waals surface area (Å²) in [5, 5.41) is 6.45. The van der Waals surface area contributed by atoms with Gasteiger partial charge in [0.05, 0.1) is 10.6 Å². The Labute approximate surface area is 196 Å². The molecule has 1 amide bonds. The van der Waals surface area contributed by atoms with Gasteiger partial charge in [-0.05, 0) is 80.0 Å². The lowest BCUT2D eigenvalue weighted by Gasteiger charge is -2.12. The van der Waals surface area contributed by atoms with Crippen LogP contribution in [0, 0.1) is 13.8 Å². The van der Waals surface area contributed by atoms with Gasteiger partial charge in [-0.3, -0.25) is 10.1 Å². The first-order valence-electron chi connectivity index (χ1n) is 10.2. The summed E-state index contributed by atoms with van der Waals surface area (Å²) >= 11 is 11.8. The van der Waals surface area contributed by atoms with Crippen molar-refractivity contribution in [1.29, 1.82) is 0 Å². The lowest BCUT2D eigenvalue weighted by Crippen LogP contribution is -2.34. The highest BCUT2D eigenvalue weighted by Crippen LogP contribution is 2.32. The number of fused-ring (bicyclic) bond motifs is 1. The minimum absolute atomic E-state index is 0.188. The third-order valence-corrected chi connectivity index (χ3v) is 5.70. The van der Waals surface area contributed by atoms with Gasteiger partial charge in [0.15, 0.2) is 10.7 Å². The van der Waals surface area contributed by atoms with Crippen LogP contribution in [0.1, 0.15) is 34.0 Å². The second kappa shape index (κ2) is 9.10. The maximum atomic E-state index is 12.6. The summed E-state index contributed by atoms with van der Waals surface area (Å²) < 4.78 is 5.91. The molecule has 0 radical (unpaired) electrons. The summed E-state index contributed by atoms with van der Waals surface area (Å²) in [5.41, 5.74) is 6.52. The lowest BCUT2D eigenvalue weighted by atomic mass is 10.1. The minimum atomic E-state index is -0.264. The van der Waals surface area contributed by atoms with E-state index < -0.39 is 0 Å². The Hall–Kier alpha value is -3.22. The number of aromatic nitrogens is 1. The van der Waals surface area contributed by atoms with Crippen molar-refractivity contribution in [2.45, 2.75) is 27.2 Å². The Morgan fingerprint density at radius 1 is 1.09 bits per heavy atom. The number of nitrogens with one attached hydrogen (secondary N) is 2. The number of oxazole rings is 1. The van der Waals surface area contributed by atoms with Gasteiger partial charge < -0.3 is 9.73 Å². The van der Waals surface area contributed by atoms with Crippen molar-refractivity contribution in [3.8, 4) is 11.5 Å². The van der Waals surface area contributed by atoms with Crippen LogP contribution in [0.3, 0.4) is 0 Å². The Kier molecular flexibility index (Phi) is 6.26. The van der Waals surface area contributed by atoms with Crippen molar-refractivity contribution >= 4 is 51.6 Å². The van der Waals surface area contributed by atoms with Crippen LogP contribution in [0.25, 0.3) is 22.6 Å². The fourth-order valence-electron chi connectivity index (χ4n) is 3.48. The number of hydrogen-bond acceptors (Lipinski definition) is 4. The van der Waals surface area contributed by atoms with Crippen LogP contribution >= 0.6 is 23.8 Å². The van der Waals surface area contributed by atoms with Gasteiger partial charge in [0.1, 0.15) is 5.52 Å². The van der Waals surface area contributed by atoms with E-state index >= 15 is 0 Å². The third-order valence-electron chi connectivity index (χ3n) is 5.17. The van der Waals surface area contributed by atoms with Gasteiger partial charge in [0.25, 0.3) is 5.91 Å². The fraction of sp³-hybridized carbons (Fsp3) is 0.160. The Balaban J connectivity index is 1.53. The molecular formula is C25H22ClN3O2S. The largest absolute Gasteiger partial charge is 0.436 e. The highest BCUT2D eigenvalue weighted by Gasteiger charge is 2.15. The van der Waals surface area contributed by atoms with Crippen molar-refractivity contribution in [2.75, 3.05) is 5.32 Å². The summed E-state index contributed by atoms with van der Waals surface area (Å²) in [6, 6.07) is 16.9. The second-order valence-electron chi connectivity index (χ2n) is 7.60. The van der Waals surface area contributed by atoms with E-state index in [1.165, 1.54) is 5.56 Å². The maximum Gasteiger partial charge on any atom is 0.257 e. The average Bonchev–Trinajstić information content (AvgIpc) is 3.17. The van der Waals surface area contributed by atoms with E-state index in [0.29, 0.717) is 33.3 Å². The number of anilines is 1. The van der Waals surface area contributed by atoms with E-state index in [4.69, 9.17) is 28.2 Å². The molecule has 0 saturated heterocycles. The molecule has 0 fully saturated rings. The third kappa shape index (κ3) is 4.66. The monoisotopic (exact) mass is 463 g/mol. The number of halogens is 1. The number of thiocarbonyl (C=S) groups is 1. The normalized spacial score (nSPS) is 10.9. The molecule has 3 aromatic carbocycles. The topological polar surface area (TPSA) is 67.2 Å². The molecule has 4 aromatic rings. The molecule has 32 heavy (non-hydrogen) atoms. The van der Waals surface area contributed by atoms with Crippen molar-refractivity contribution in [1.82, 2.24) is 10.3 Å². The molecule has 162 valence electrons. The molecule has 0 spiro atoms. The van der Waals surface area contributed by atoms with Crippen LogP contribution in [0.2, 0.25) is 5.02 Å². The molecule has 0 saturated carbocycles. The van der Waals surface area contributed by atoms with Gasteiger partial charge in [0.2, 0.25) is 5.89 Å². The van der Waals surface area contributed by atoms with Gasteiger partial charge in [0, 0.05) is 11.3 Å². The Morgan fingerprint density at radius 2 is 1.91 bits per heavy atom. The number of carbonyl (C=O) groups excluding carboxylic acids is 1. The smallest absolute Gasteiger partial charge is 0.257 e. The molecule has 0 unspecified atom stereocenters. The maximum absolute atomic E-state index is 12.6. The molecule has 1 heterocycles. The molecule has 0 bridgehead atoms. The van der Waals surface area contributed by atoms with Crippen molar-refractivity contribution in [3.63, 3.8) is 0 Å². The van der Waals surface area contributed by atoms with Crippen LogP contribution in [0.4, 0.5) is 5.69 Å². The first kappa shape index (κ1) is 22.0. The average molecular weight is 464 g/mol. The summed E-state index contributed by atoms with van der Waals surface area (Å²) in [7, 11) is 0. The Bertz CT molecular complexity index is 1350. The van der Waals surface area contributed by atoms with E-state index in [0.717, 1.165) is 23.1 Å². The Morgan fingerprint density at radius 3 is 2.66 bits per heavy atom. The zero-order valence-electron chi connectivity index (χ0n) is 18.0. The van der Waals surface area contributed by atoms with Crippen LogP contribution < -0.4 is 10.6 Å². The zero-order chi connectivity index (χ0) is 22.8. The summed E-state index contributed by atoms with van der Waals surface area (Å²) in [5.74, 6) is 0.159. The number of amides is 1. The summed E-state index contributed by atoms with van der Waals surface area (Å²) in [6.07, 6.45) is 0.920. The molecule has 5 nitrogen and oxygen atoms in total. The van der Waals surface area contributed by atoms with Crippen LogP contribution in [-0.2, 0) is 6.42 Å². The quantitative estimate of drug-likeness (QED) is 0.340. The number of hydrogen-bond donors (Lipinski definition) is 2. The predicted molar refractivity (Wildman–Crippen MR) is 133 cm³/mol. The highest BCUT2D eigenvalue weighted by atomic mass is 35.5. The van der Waals surface area contributed by atoms with E-state index in [1.807, 2.05) is 44.2 Å². The van der Waals surface area contributed by atoms with E-state index in [2.05, 4.69) is 22.5 Å². The second-order valence-corrected chi connectivity index (χ2v) is 8.41. The number of nitrogens with zero attached hydrogens (tertiary/aromatic N) is 1. The standard InChI is InChI=1S/C25H22ClN3O2S/c1-4-16-6-10-22-21(12-16)28-24(31-22)19-13-17(7-9-20(19)26)27-25(32)29-23(30)18-8-5-14(2)11-15(18)3/h5-13H,4H2,1-3H3,(H2,27,29,30,32). The SMILES string of the molecule is CCc1ccc2oc(-c3cc(NC(=S)NC(=O)c4ccc(C)cc4C)ccc3Cl)nc2c1. The number of aryl methyl sites for hydroxylation is 3. The van der Waals surface area contributed by atoms with Gasteiger partial charge in [-0.2, -0.15) is 0 Å². The molecule has 0 aliphatic rings. The molecule has 1 aromatic heterocycles. The molecule has 0 atom stereocenters. The first-order valence-corrected chi connectivity index (χ1v) is 11.0. The minimum Gasteiger partial charge on any atom is -0.436 e. The van der Waals surface area contributed by atoms with Crippen molar-refractivity contribution in [2.24, 2.45) is 0 Å². The van der Waals surface area contributed by atoms with Crippen LogP contribution in [0.15, 0.2) is 59.0 Å². The predicted octanol–water partition coefficient (Wildman–Crippen LogP) is 6.45. The summed E-state index contributed by atoms with van der Waals surface area (Å²) in [6.45, 7) is 5.97. The molecule has 4 rings (SSSR count). The number of carbonyl (C=O) groups is 1. The summed E-state index contributed by atoms with van der Waals surface area (Å²) in [4.78, 5) is 17.2. The van der Waals surface area contributed by atoms with Gasteiger partial charge >= 0.3 is 0 Å². The van der Waals surface area contributed by atoms with Gasteiger partial charge in [-0.25, -0.2) is 4.98 Å². The van der Waals surface area contributed by atoms with Gasteiger partial charge in [-0.1, -0.05) is 42.3 Å². The van der Waals surface area contributed by atoms with E-state index in [9.17, 15) is 4.79 Å². The lowest BCUT2D eigenvalue weighted by molar-refractivity contribution is 0.0977. The number of rotatable bonds is 4. The first-order chi connectivity index (χ1) is 15.3. The fourth-order valence-corrected chi connectivity index (χ4v) is 3.89. The van der Waals surface area contributed by atoms with Crippen molar-refractivity contribution in [3.05, 3.63) is 81.9 Å². The van der Waals surface area contributed by atoms with Gasteiger partial charge in [-0.15, -0.1) is 0 Å². The molecule has 2 N–H and O–H groups in total. The number of benzene rings is 3. The molecular weight excluding hydrogens is 442 g/mol. The molecule has 0 aliphatic heterocycles. The van der Waals surface area contributed by atoms with Crippen LogP contribution in [-0.4, -0.2) is 16.0 Å². The van der Waals surface area contributed by atoms with E-state index in [-0.39, 0.29) is 11.0 Å². The molecule has 7 heteroatoms. The highest BCUT2D eigenvalue weighted by molar-refractivity contribution is 7.80. The molecule has 0 aliphatic carbocycles. The van der Waals surface area contributed by atoms with Crippen LogP contribution in [0.5, 0.6) is 0 Å². The van der Waals surface area contributed by atoms with E-state index in [1.54, 1.807) is 24.3 Å².